The van der Waals surface area contributed by atoms with Crippen LogP contribution in [-0.4, -0.2) is 16.9 Å². The number of aromatic hydroxyl groups is 1. The number of Topliss-reactive ketones (excluding diaryl/α,β-unsaturated/α-hetero) is 1. The van der Waals surface area contributed by atoms with Crippen molar-refractivity contribution in [2.24, 2.45) is 5.92 Å². The zero-order chi connectivity index (χ0) is 17.1. The standard InChI is InChI=1S/C18H17ClO4/c1-10(2)17(21)13-8-11(3)16(9-15(13)20)23-18(22)12-6-4-5-7-14(12)19/h4-10,20H,1-3H3. The largest absolute Gasteiger partial charge is 0.507 e. The van der Waals surface area contributed by atoms with E-state index in [9.17, 15) is 14.7 Å². The smallest absolute Gasteiger partial charge is 0.345 e. The third-order valence-electron chi connectivity index (χ3n) is 3.38. The highest BCUT2D eigenvalue weighted by molar-refractivity contribution is 6.33. The number of carbonyl (C=O) groups is 2. The Morgan fingerprint density at radius 2 is 1.78 bits per heavy atom. The summed E-state index contributed by atoms with van der Waals surface area (Å²) in [5.41, 5.74) is 1.03. The number of hydrogen-bond donors (Lipinski definition) is 1. The van der Waals surface area contributed by atoms with Crippen molar-refractivity contribution in [2.75, 3.05) is 0 Å². The predicted octanol–water partition coefficient (Wildman–Crippen LogP) is 4.41. The maximum atomic E-state index is 12.2. The van der Waals surface area contributed by atoms with E-state index < -0.39 is 5.97 Å². The lowest BCUT2D eigenvalue weighted by molar-refractivity contribution is 0.0733. The van der Waals surface area contributed by atoms with Gasteiger partial charge >= 0.3 is 5.97 Å². The Bertz CT molecular complexity index is 766. The van der Waals surface area contributed by atoms with Crippen LogP contribution in [0.15, 0.2) is 36.4 Å². The fourth-order valence-electron chi connectivity index (χ4n) is 2.08. The summed E-state index contributed by atoms with van der Waals surface area (Å²) < 4.78 is 5.29. The van der Waals surface area contributed by atoms with Crippen molar-refractivity contribution in [3.63, 3.8) is 0 Å². The van der Waals surface area contributed by atoms with Gasteiger partial charge in [-0.1, -0.05) is 37.6 Å². The lowest BCUT2D eigenvalue weighted by atomic mass is 9.98. The molecule has 0 aliphatic carbocycles. The molecule has 2 rings (SSSR count). The normalized spacial score (nSPS) is 10.7. The highest BCUT2D eigenvalue weighted by atomic mass is 35.5. The summed E-state index contributed by atoms with van der Waals surface area (Å²) in [7, 11) is 0. The third kappa shape index (κ3) is 3.71. The Hall–Kier alpha value is -2.33. The van der Waals surface area contributed by atoms with E-state index in [1.165, 1.54) is 12.1 Å². The minimum absolute atomic E-state index is 0.172. The van der Waals surface area contributed by atoms with Gasteiger partial charge in [0, 0.05) is 12.0 Å². The van der Waals surface area contributed by atoms with E-state index in [-0.39, 0.29) is 39.3 Å². The number of hydrogen-bond acceptors (Lipinski definition) is 4. The van der Waals surface area contributed by atoms with Gasteiger partial charge in [0.25, 0.3) is 0 Å². The molecule has 0 radical (unpaired) electrons. The topological polar surface area (TPSA) is 63.6 Å². The molecule has 4 nitrogen and oxygen atoms in total. The average molecular weight is 333 g/mol. The summed E-state index contributed by atoms with van der Waals surface area (Å²) >= 11 is 5.96. The highest BCUT2D eigenvalue weighted by Gasteiger charge is 2.19. The molecule has 0 amide bonds. The molecule has 0 atom stereocenters. The van der Waals surface area contributed by atoms with Crippen LogP contribution in [0.3, 0.4) is 0 Å². The van der Waals surface area contributed by atoms with Crippen molar-refractivity contribution >= 4 is 23.4 Å². The third-order valence-corrected chi connectivity index (χ3v) is 3.71. The van der Waals surface area contributed by atoms with Crippen LogP contribution in [0.2, 0.25) is 5.02 Å². The van der Waals surface area contributed by atoms with Gasteiger partial charge in [0.2, 0.25) is 0 Å². The summed E-state index contributed by atoms with van der Waals surface area (Å²) in [5, 5.41) is 10.3. The molecule has 2 aromatic rings. The molecule has 0 fully saturated rings. The second-order valence-corrected chi connectivity index (χ2v) is 5.93. The van der Waals surface area contributed by atoms with E-state index in [2.05, 4.69) is 0 Å². The van der Waals surface area contributed by atoms with Crippen LogP contribution in [0.5, 0.6) is 11.5 Å². The molecule has 0 aromatic heterocycles. The number of rotatable bonds is 4. The molecule has 23 heavy (non-hydrogen) atoms. The molecular formula is C18H17ClO4. The SMILES string of the molecule is Cc1cc(C(=O)C(C)C)c(O)cc1OC(=O)c1ccccc1Cl. The van der Waals surface area contributed by atoms with Gasteiger partial charge in [-0.25, -0.2) is 4.79 Å². The van der Waals surface area contributed by atoms with Crippen molar-refractivity contribution < 1.29 is 19.4 Å². The minimum Gasteiger partial charge on any atom is -0.507 e. The summed E-state index contributed by atoms with van der Waals surface area (Å²) in [4.78, 5) is 24.2. The molecule has 0 spiro atoms. The second-order valence-electron chi connectivity index (χ2n) is 5.52. The summed E-state index contributed by atoms with van der Waals surface area (Å²) in [6.45, 7) is 5.21. The minimum atomic E-state index is -0.624. The van der Waals surface area contributed by atoms with Crippen molar-refractivity contribution in [2.45, 2.75) is 20.8 Å². The van der Waals surface area contributed by atoms with Gasteiger partial charge < -0.3 is 9.84 Å². The molecule has 120 valence electrons. The maximum absolute atomic E-state index is 12.2. The van der Waals surface area contributed by atoms with Crippen molar-refractivity contribution in [3.8, 4) is 11.5 Å². The molecule has 0 aliphatic heterocycles. The summed E-state index contributed by atoms with van der Waals surface area (Å²) in [6, 6.07) is 9.33. The van der Waals surface area contributed by atoms with Gasteiger partial charge in [-0.3, -0.25) is 4.79 Å². The van der Waals surface area contributed by atoms with Crippen LogP contribution in [0.1, 0.15) is 40.1 Å². The first-order valence-electron chi connectivity index (χ1n) is 7.15. The Labute approximate surface area is 139 Å². The lowest BCUT2D eigenvalue weighted by Crippen LogP contribution is -2.11. The zero-order valence-corrected chi connectivity index (χ0v) is 13.8. The van der Waals surface area contributed by atoms with E-state index in [1.807, 2.05) is 0 Å². The average Bonchev–Trinajstić information content (AvgIpc) is 2.50. The molecule has 0 bridgehead atoms. The lowest BCUT2D eigenvalue weighted by Gasteiger charge is -2.12. The van der Waals surface area contributed by atoms with Crippen molar-refractivity contribution in [1.29, 1.82) is 0 Å². The molecule has 1 N–H and O–H groups in total. The Kier molecular flexibility index (Phi) is 5.06. The van der Waals surface area contributed by atoms with Crippen molar-refractivity contribution in [3.05, 3.63) is 58.1 Å². The summed E-state index contributed by atoms with van der Waals surface area (Å²) in [5.74, 6) is -1.06. The molecule has 0 heterocycles. The molecular weight excluding hydrogens is 316 g/mol. The first kappa shape index (κ1) is 17.0. The monoisotopic (exact) mass is 332 g/mol. The summed E-state index contributed by atoms with van der Waals surface area (Å²) in [6.07, 6.45) is 0. The maximum Gasteiger partial charge on any atom is 0.345 e. The highest BCUT2D eigenvalue weighted by Crippen LogP contribution is 2.30. The van der Waals surface area contributed by atoms with E-state index in [1.54, 1.807) is 45.0 Å². The Morgan fingerprint density at radius 3 is 2.39 bits per heavy atom. The fourth-order valence-corrected chi connectivity index (χ4v) is 2.29. The number of halogens is 1. The van der Waals surface area contributed by atoms with E-state index in [4.69, 9.17) is 16.3 Å². The van der Waals surface area contributed by atoms with Gasteiger partial charge in [-0.2, -0.15) is 0 Å². The number of aryl methyl sites for hydroxylation is 1. The molecule has 0 aliphatic rings. The van der Waals surface area contributed by atoms with Crippen LogP contribution in [0, 0.1) is 12.8 Å². The number of benzene rings is 2. The van der Waals surface area contributed by atoms with Gasteiger partial charge in [0.1, 0.15) is 11.5 Å². The molecule has 0 saturated heterocycles. The number of ether oxygens (including phenoxy) is 1. The van der Waals surface area contributed by atoms with Crippen molar-refractivity contribution in [1.82, 2.24) is 0 Å². The Balaban J connectivity index is 2.32. The van der Waals surface area contributed by atoms with Crippen LogP contribution in [0.25, 0.3) is 0 Å². The molecule has 0 unspecified atom stereocenters. The van der Waals surface area contributed by atoms with E-state index >= 15 is 0 Å². The fraction of sp³-hybridized carbons (Fsp3) is 0.222. The number of phenolic OH excluding ortho intramolecular Hbond substituents is 1. The number of esters is 1. The number of ketones is 1. The van der Waals surface area contributed by atoms with Gasteiger partial charge in [0.15, 0.2) is 5.78 Å². The number of phenols is 1. The predicted molar refractivity (Wildman–Crippen MR) is 88.4 cm³/mol. The molecule has 5 heteroatoms. The quantitative estimate of drug-likeness (QED) is 0.511. The van der Waals surface area contributed by atoms with Gasteiger partial charge in [-0.05, 0) is 30.7 Å². The zero-order valence-electron chi connectivity index (χ0n) is 13.1. The first-order chi connectivity index (χ1) is 10.8. The van der Waals surface area contributed by atoms with Gasteiger partial charge in [0.05, 0.1) is 16.1 Å². The van der Waals surface area contributed by atoms with E-state index in [0.717, 1.165) is 0 Å². The van der Waals surface area contributed by atoms with Crippen LogP contribution in [-0.2, 0) is 0 Å². The number of carbonyl (C=O) groups excluding carboxylic acids is 2. The molecule has 0 saturated carbocycles. The molecule has 2 aromatic carbocycles. The van der Waals surface area contributed by atoms with Crippen LogP contribution in [0.4, 0.5) is 0 Å². The Morgan fingerprint density at radius 1 is 1.13 bits per heavy atom. The van der Waals surface area contributed by atoms with Crippen LogP contribution >= 0.6 is 11.6 Å². The van der Waals surface area contributed by atoms with Crippen LogP contribution < -0.4 is 4.74 Å². The second kappa shape index (κ2) is 6.84. The van der Waals surface area contributed by atoms with Gasteiger partial charge in [-0.15, -0.1) is 0 Å². The first-order valence-corrected chi connectivity index (χ1v) is 7.53. The van der Waals surface area contributed by atoms with E-state index in [0.29, 0.717) is 5.56 Å².